The molecule has 0 amide bonds. The van der Waals surface area contributed by atoms with Crippen molar-refractivity contribution in [3.63, 3.8) is 0 Å². The minimum Gasteiger partial charge on any atom is -0.368 e. The fraction of sp³-hybridized carbons (Fsp3) is 0.824. The third-order valence-corrected chi connectivity index (χ3v) is 5.46. The summed E-state index contributed by atoms with van der Waals surface area (Å²) in [4.78, 5) is 6.42. The highest BCUT2D eigenvalue weighted by molar-refractivity contribution is 7.11. The van der Waals surface area contributed by atoms with E-state index in [4.69, 9.17) is 9.72 Å². The molecular formula is C17H30N2OS. The van der Waals surface area contributed by atoms with Crippen molar-refractivity contribution in [3.8, 4) is 0 Å². The fourth-order valence-electron chi connectivity index (χ4n) is 3.16. The Labute approximate surface area is 133 Å². The standard InChI is InChI=1S/C17H30N2OS/c1-5-11-18-12-14-15(13(3)4)19-16(21-14)17(20-6-2)9-7-8-10-17/h13,18H,5-12H2,1-4H3. The second kappa shape index (κ2) is 7.70. The van der Waals surface area contributed by atoms with Gasteiger partial charge in [-0.1, -0.05) is 33.6 Å². The molecule has 3 nitrogen and oxygen atoms in total. The van der Waals surface area contributed by atoms with Gasteiger partial charge in [0.25, 0.3) is 0 Å². The van der Waals surface area contributed by atoms with Gasteiger partial charge in [0.05, 0.1) is 5.69 Å². The molecule has 0 aromatic carbocycles. The third kappa shape index (κ3) is 3.85. The van der Waals surface area contributed by atoms with E-state index in [-0.39, 0.29) is 5.60 Å². The largest absolute Gasteiger partial charge is 0.368 e. The lowest BCUT2D eigenvalue weighted by molar-refractivity contribution is -0.0392. The predicted molar refractivity (Wildman–Crippen MR) is 90.0 cm³/mol. The second-order valence-electron chi connectivity index (χ2n) is 6.29. The molecule has 2 rings (SSSR count). The maximum absolute atomic E-state index is 6.18. The van der Waals surface area contributed by atoms with E-state index < -0.39 is 0 Å². The van der Waals surface area contributed by atoms with E-state index >= 15 is 0 Å². The lowest BCUT2D eigenvalue weighted by atomic mass is 10.0. The number of nitrogens with one attached hydrogen (secondary N) is 1. The molecule has 0 atom stereocenters. The predicted octanol–water partition coefficient (Wildman–Crippen LogP) is 4.57. The van der Waals surface area contributed by atoms with E-state index in [0.29, 0.717) is 5.92 Å². The Morgan fingerprint density at radius 1 is 1.29 bits per heavy atom. The molecular weight excluding hydrogens is 280 g/mol. The summed E-state index contributed by atoms with van der Waals surface area (Å²) >= 11 is 1.88. The summed E-state index contributed by atoms with van der Waals surface area (Å²) in [5.74, 6) is 0.480. The van der Waals surface area contributed by atoms with Crippen LogP contribution >= 0.6 is 11.3 Å². The minimum absolute atomic E-state index is 0.0912. The Morgan fingerprint density at radius 2 is 2.00 bits per heavy atom. The van der Waals surface area contributed by atoms with Crippen LogP contribution in [0.4, 0.5) is 0 Å². The molecule has 0 spiro atoms. The highest BCUT2D eigenvalue weighted by atomic mass is 32.1. The highest BCUT2D eigenvalue weighted by Crippen LogP contribution is 2.45. The summed E-state index contributed by atoms with van der Waals surface area (Å²) in [6, 6.07) is 0. The number of aromatic nitrogens is 1. The van der Waals surface area contributed by atoms with Gasteiger partial charge < -0.3 is 10.1 Å². The molecule has 1 N–H and O–H groups in total. The Morgan fingerprint density at radius 3 is 2.57 bits per heavy atom. The molecule has 4 heteroatoms. The van der Waals surface area contributed by atoms with Crippen LogP contribution < -0.4 is 5.32 Å². The van der Waals surface area contributed by atoms with Crippen LogP contribution in [0.25, 0.3) is 0 Å². The topological polar surface area (TPSA) is 34.1 Å². The van der Waals surface area contributed by atoms with Crippen molar-refractivity contribution in [2.24, 2.45) is 0 Å². The smallest absolute Gasteiger partial charge is 0.125 e. The van der Waals surface area contributed by atoms with Crippen LogP contribution in [-0.4, -0.2) is 18.1 Å². The summed E-state index contributed by atoms with van der Waals surface area (Å²) in [6.07, 6.45) is 5.97. The molecule has 1 saturated carbocycles. The molecule has 1 aliphatic carbocycles. The number of thiazole rings is 1. The van der Waals surface area contributed by atoms with Gasteiger partial charge in [0.15, 0.2) is 0 Å². The van der Waals surface area contributed by atoms with E-state index in [0.717, 1.165) is 32.5 Å². The minimum atomic E-state index is -0.0912. The van der Waals surface area contributed by atoms with Crippen molar-refractivity contribution >= 4 is 11.3 Å². The van der Waals surface area contributed by atoms with Crippen molar-refractivity contribution < 1.29 is 4.74 Å². The van der Waals surface area contributed by atoms with Crippen LogP contribution in [-0.2, 0) is 16.9 Å². The van der Waals surface area contributed by atoms with Crippen molar-refractivity contribution in [2.75, 3.05) is 13.2 Å². The molecule has 21 heavy (non-hydrogen) atoms. The molecule has 0 bridgehead atoms. The van der Waals surface area contributed by atoms with E-state index in [1.807, 2.05) is 11.3 Å². The van der Waals surface area contributed by atoms with Crippen molar-refractivity contribution in [2.45, 2.75) is 77.9 Å². The Kier molecular flexibility index (Phi) is 6.20. The summed E-state index contributed by atoms with van der Waals surface area (Å²) < 4.78 is 6.18. The fourth-order valence-corrected chi connectivity index (χ4v) is 4.54. The van der Waals surface area contributed by atoms with Crippen LogP contribution in [0.3, 0.4) is 0 Å². The van der Waals surface area contributed by atoms with Gasteiger partial charge in [0.2, 0.25) is 0 Å². The molecule has 0 saturated heterocycles. The Hall–Kier alpha value is -0.450. The van der Waals surface area contributed by atoms with Crippen molar-refractivity contribution in [1.29, 1.82) is 0 Å². The first-order chi connectivity index (χ1) is 10.1. The van der Waals surface area contributed by atoms with Crippen LogP contribution in [0.1, 0.15) is 81.3 Å². The lowest BCUT2D eigenvalue weighted by Gasteiger charge is -2.26. The van der Waals surface area contributed by atoms with Gasteiger partial charge in [-0.15, -0.1) is 11.3 Å². The number of nitrogens with zero attached hydrogens (tertiary/aromatic N) is 1. The molecule has 0 radical (unpaired) electrons. The van der Waals surface area contributed by atoms with Crippen molar-refractivity contribution in [1.82, 2.24) is 10.3 Å². The number of hydrogen-bond donors (Lipinski definition) is 1. The summed E-state index contributed by atoms with van der Waals surface area (Å²) in [7, 11) is 0. The number of ether oxygens (including phenoxy) is 1. The second-order valence-corrected chi connectivity index (χ2v) is 7.38. The number of rotatable bonds is 8. The first-order valence-electron chi connectivity index (χ1n) is 8.47. The van der Waals surface area contributed by atoms with Crippen LogP contribution in [0, 0.1) is 0 Å². The molecule has 1 heterocycles. The van der Waals surface area contributed by atoms with Gasteiger partial charge in [-0.2, -0.15) is 0 Å². The quantitative estimate of drug-likeness (QED) is 0.714. The molecule has 0 unspecified atom stereocenters. The Balaban J connectivity index is 2.24. The molecule has 1 aliphatic rings. The average Bonchev–Trinajstić information content (AvgIpc) is 3.07. The highest BCUT2D eigenvalue weighted by Gasteiger charge is 2.40. The summed E-state index contributed by atoms with van der Waals surface area (Å²) in [6.45, 7) is 11.6. The van der Waals surface area contributed by atoms with E-state index in [1.54, 1.807) is 0 Å². The SMILES string of the molecule is CCCNCc1sc(C2(OCC)CCCC2)nc1C(C)C. The maximum atomic E-state index is 6.18. The van der Waals surface area contributed by atoms with Gasteiger partial charge in [0.1, 0.15) is 10.6 Å². The zero-order valence-corrected chi connectivity index (χ0v) is 14.8. The molecule has 1 aromatic heterocycles. The molecule has 120 valence electrons. The number of hydrogen-bond acceptors (Lipinski definition) is 4. The molecule has 1 aromatic rings. The average molecular weight is 311 g/mol. The van der Waals surface area contributed by atoms with Gasteiger partial charge >= 0.3 is 0 Å². The zero-order valence-electron chi connectivity index (χ0n) is 14.0. The van der Waals surface area contributed by atoms with Crippen LogP contribution in [0.15, 0.2) is 0 Å². The van der Waals surface area contributed by atoms with Crippen LogP contribution in [0.5, 0.6) is 0 Å². The maximum Gasteiger partial charge on any atom is 0.125 e. The van der Waals surface area contributed by atoms with Gasteiger partial charge in [-0.3, -0.25) is 0 Å². The lowest BCUT2D eigenvalue weighted by Crippen LogP contribution is -2.26. The Bertz CT molecular complexity index is 436. The summed E-state index contributed by atoms with van der Waals surface area (Å²) in [5.41, 5.74) is 1.18. The van der Waals surface area contributed by atoms with Gasteiger partial charge in [-0.25, -0.2) is 4.98 Å². The van der Waals surface area contributed by atoms with Crippen molar-refractivity contribution in [3.05, 3.63) is 15.6 Å². The first-order valence-corrected chi connectivity index (χ1v) is 9.29. The van der Waals surface area contributed by atoms with E-state index in [2.05, 4.69) is 33.0 Å². The van der Waals surface area contributed by atoms with Gasteiger partial charge in [0, 0.05) is 18.0 Å². The normalized spacial score (nSPS) is 17.8. The monoisotopic (exact) mass is 310 g/mol. The summed E-state index contributed by atoms with van der Waals surface area (Å²) in [5, 5.41) is 4.75. The molecule has 1 fully saturated rings. The first kappa shape index (κ1) is 16.9. The zero-order chi connectivity index (χ0) is 15.3. The third-order valence-electron chi connectivity index (χ3n) is 4.21. The molecule has 0 aliphatic heterocycles. The van der Waals surface area contributed by atoms with E-state index in [1.165, 1.54) is 34.8 Å². The van der Waals surface area contributed by atoms with E-state index in [9.17, 15) is 0 Å². The van der Waals surface area contributed by atoms with Crippen LogP contribution in [0.2, 0.25) is 0 Å². The van der Waals surface area contributed by atoms with Gasteiger partial charge in [-0.05, 0) is 38.6 Å².